The van der Waals surface area contributed by atoms with Crippen LogP contribution in [0.5, 0.6) is 0 Å². The summed E-state index contributed by atoms with van der Waals surface area (Å²) in [5.74, 6) is 2.24. The van der Waals surface area contributed by atoms with Gasteiger partial charge >= 0.3 is 0 Å². The number of rotatable bonds is 3. The molecular formula is C19H24N2O2S. The number of nitrogens with zero attached hydrogens (tertiary/aromatic N) is 2. The zero-order valence-electron chi connectivity index (χ0n) is 14.2. The Kier molecular flexibility index (Phi) is 4.22. The zero-order chi connectivity index (χ0) is 16.6. The summed E-state index contributed by atoms with van der Waals surface area (Å²) in [6, 6.07) is 8.01. The van der Waals surface area contributed by atoms with Crippen LogP contribution in [-0.4, -0.2) is 41.9 Å². The average molecular weight is 344 g/mol. The molecular weight excluding hydrogens is 320 g/mol. The van der Waals surface area contributed by atoms with Gasteiger partial charge in [0.2, 0.25) is 0 Å². The van der Waals surface area contributed by atoms with E-state index in [1.54, 1.807) is 11.3 Å². The summed E-state index contributed by atoms with van der Waals surface area (Å²) in [4.78, 5) is 18.1. The van der Waals surface area contributed by atoms with Gasteiger partial charge in [0.15, 0.2) is 0 Å². The van der Waals surface area contributed by atoms with Crippen molar-refractivity contribution in [3.8, 4) is 0 Å². The second-order valence-electron chi connectivity index (χ2n) is 7.28. The summed E-state index contributed by atoms with van der Waals surface area (Å²) in [7, 11) is 0. The van der Waals surface area contributed by atoms with Crippen LogP contribution in [0.25, 0.3) is 0 Å². The van der Waals surface area contributed by atoms with E-state index < -0.39 is 0 Å². The molecule has 0 saturated carbocycles. The Balaban J connectivity index is 1.41. The van der Waals surface area contributed by atoms with Crippen LogP contribution in [0, 0.1) is 12.3 Å². The van der Waals surface area contributed by atoms with E-state index in [2.05, 4.69) is 15.9 Å². The lowest BCUT2D eigenvalue weighted by Gasteiger charge is -2.40. The van der Waals surface area contributed by atoms with Gasteiger partial charge < -0.3 is 9.32 Å². The molecule has 5 heteroatoms. The van der Waals surface area contributed by atoms with Crippen molar-refractivity contribution in [3.63, 3.8) is 0 Å². The first-order valence-corrected chi connectivity index (χ1v) is 9.62. The molecule has 0 unspecified atom stereocenters. The molecule has 4 heterocycles. The second kappa shape index (κ2) is 6.37. The summed E-state index contributed by atoms with van der Waals surface area (Å²) >= 11 is 1.55. The molecule has 2 fully saturated rings. The minimum Gasteiger partial charge on any atom is -0.465 e. The van der Waals surface area contributed by atoms with Crippen LogP contribution in [0.2, 0.25) is 0 Å². The van der Waals surface area contributed by atoms with E-state index in [0.29, 0.717) is 0 Å². The Morgan fingerprint density at radius 1 is 1.25 bits per heavy atom. The van der Waals surface area contributed by atoms with E-state index in [-0.39, 0.29) is 11.3 Å². The maximum Gasteiger partial charge on any atom is 0.263 e. The first kappa shape index (κ1) is 15.9. The first-order valence-electron chi connectivity index (χ1n) is 8.74. The quantitative estimate of drug-likeness (QED) is 0.850. The van der Waals surface area contributed by atoms with E-state index in [4.69, 9.17) is 4.42 Å². The van der Waals surface area contributed by atoms with Crippen molar-refractivity contribution in [1.82, 2.24) is 9.80 Å². The number of hydrogen-bond acceptors (Lipinski definition) is 4. The molecule has 2 aliphatic rings. The molecule has 2 aromatic rings. The highest BCUT2D eigenvalue weighted by atomic mass is 32.1. The third kappa shape index (κ3) is 3.15. The SMILES string of the molecule is Cc1ccc(CN2CC[C@@]3(CCCN(C(=O)c4cccs4)C3)C2)o1. The summed E-state index contributed by atoms with van der Waals surface area (Å²) in [5.41, 5.74) is 0.271. The number of hydrogen-bond donors (Lipinski definition) is 0. The summed E-state index contributed by atoms with van der Waals surface area (Å²) in [5, 5.41) is 1.98. The molecule has 0 N–H and O–H groups in total. The third-order valence-corrected chi connectivity index (χ3v) is 6.23. The predicted molar refractivity (Wildman–Crippen MR) is 95.2 cm³/mol. The van der Waals surface area contributed by atoms with Crippen molar-refractivity contribution < 1.29 is 9.21 Å². The fourth-order valence-electron chi connectivity index (χ4n) is 4.22. The lowest BCUT2D eigenvalue weighted by atomic mass is 9.79. The maximum atomic E-state index is 12.7. The van der Waals surface area contributed by atoms with Gasteiger partial charge in [-0.3, -0.25) is 9.69 Å². The summed E-state index contributed by atoms with van der Waals surface area (Å²) < 4.78 is 5.72. The Hall–Kier alpha value is -1.59. The molecule has 24 heavy (non-hydrogen) atoms. The Labute approximate surface area is 147 Å². The van der Waals surface area contributed by atoms with Crippen molar-refractivity contribution in [1.29, 1.82) is 0 Å². The van der Waals surface area contributed by atoms with Crippen LogP contribution < -0.4 is 0 Å². The van der Waals surface area contributed by atoms with E-state index in [1.165, 1.54) is 12.8 Å². The van der Waals surface area contributed by atoms with Gasteiger partial charge in [0, 0.05) is 25.0 Å². The number of thiophene rings is 1. The van der Waals surface area contributed by atoms with Crippen LogP contribution in [0.15, 0.2) is 34.1 Å². The highest BCUT2D eigenvalue weighted by Crippen LogP contribution is 2.40. The van der Waals surface area contributed by atoms with Gasteiger partial charge in [-0.1, -0.05) is 6.07 Å². The topological polar surface area (TPSA) is 36.7 Å². The van der Waals surface area contributed by atoms with Crippen LogP contribution >= 0.6 is 11.3 Å². The fraction of sp³-hybridized carbons (Fsp3) is 0.526. The second-order valence-corrected chi connectivity index (χ2v) is 8.23. The van der Waals surface area contributed by atoms with Crippen molar-refractivity contribution >= 4 is 17.2 Å². The number of carbonyl (C=O) groups excluding carboxylic acids is 1. The molecule has 128 valence electrons. The van der Waals surface area contributed by atoms with Crippen molar-refractivity contribution in [3.05, 3.63) is 46.0 Å². The molecule has 2 aromatic heterocycles. The predicted octanol–water partition coefficient (Wildman–Crippen LogP) is 3.78. The third-order valence-electron chi connectivity index (χ3n) is 5.37. The highest BCUT2D eigenvalue weighted by molar-refractivity contribution is 7.12. The number of carbonyl (C=O) groups is 1. The van der Waals surface area contributed by atoms with Crippen LogP contribution in [0.3, 0.4) is 0 Å². The smallest absolute Gasteiger partial charge is 0.263 e. The van der Waals surface area contributed by atoms with Gasteiger partial charge in [-0.15, -0.1) is 11.3 Å². The number of piperidine rings is 1. The molecule has 2 saturated heterocycles. The molecule has 0 aliphatic carbocycles. The van der Waals surface area contributed by atoms with Gasteiger partial charge in [-0.05, 0) is 56.3 Å². The number of furan rings is 1. The van der Waals surface area contributed by atoms with Gasteiger partial charge in [0.25, 0.3) is 5.91 Å². The number of amides is 1. The van der Waals surface area contributed by atoms with Crippen molar-refractivity contribution in [2.75, 3.05) is 26.2 Å². The Morgan fingerprint density at radius 3 is 2.92 bits per heavy atom. The first-order chi connectivity index (χ1) is 11.6. The minimum absolute atomic E-state index is 0.212. The normalized spacial score (nSPS) is 24.8. The lowest BCUT2D eigenvalue weighted by Crippen LogP contribution is -2.47. The van der Waals surface area contributed by atoms with E-state index >= 15 is 0 Å². The molecule has 1 amide bonds. The molecule has 2 aliphatic heterocycles. The van der Waals surface area contributed by atoms with Crippen LogP contribution in [0.4, 0.5) is 0 Å². The maximum absolute atomic E-state index is 12.7. The van der Waals surface area contributed by atoms with E-state index in [9.17, 15) is 4.79 Å². The van der Waals surface area contributed by atoms with E-state index in [0.717, 1.165) is 55.5 Å². The van der Waals surface area contributed by atoms with E-state index in [1.807, 2.05) is 30.5 Å². The molecule has 0 aromatic carbocycles. The number of likely N-dealkylation sites (tertiary alicyclic amines) is 2. The standard InChI is InChI=1S/C19H24N2O2S/c1-15-5-6-16(23-15)12-20-10-8-19(13-20)7-3-9-21(14-19)18(22)17-4-2-11-24-17/h2,4-6,11H,3,7-10,12-14H2,1H3/t19-/m0/s1. The number of aryl methyl sites for hydroxylation is 1. The fourth-order valence-corrected chi connectivity index (χ4v) is 4.91. The van der Waals surface area contributed by atoms with Crippen LogP contribution in [0.1, 0.15) is 40.5 Å². The van der Waals surface area contributed by atoms with Gasteiger partial charge in [-0.25, -0.2) is 0 Å². The molecule has 4 nitrogen and oxygen atoms in total. The Bertz CT molecular complexity index is 709. The summed E-state index contributed by atoms with van der Waals surface area (Å²) in [6.45, 7) is 6.84. The molecule has 0 bridgehead atoms. The molecule has 0 radical (unpaired) electrons. The van der Waals surface area contributed by atoms with Crippen molar-refractivity contribution in [2.45, 2.75) is 32.7 Å². The monoisotopic (exact) mass is 344 g/mol. The largest absolute Gasteiger partial charge is 0.465 e. The van der Waals surface area contributed by atoms with Crippen molar-refractivity contribution in [2.24, 2.45) is 5.41 Å². The highest BCUT2D eigenvalue weighted by Gasteiger charge is 2.42. The van der Waals surface area contributed by atoms with Gasteiger partial charge in [-0.2, -0.15) is 0 Å². The van der Waals surface area contributed by atoms with Gasteiger partial charge in [0.05, 0.1) is 11.4 Å². The van der Waals surface area contributed by atoms with Crippen LogP contribution in [-0.2, 0) is 6.54 Å². The Morgan fingerprint density at radius 2 is 2.17 bits per heavy atom. The minimum atomic E-state index is 0.212. The average Bonchev–Trinajstić information content (AvgIpc) is 3.30. The molecule has 1 spiro atoms. The van der Waals surface area contributed by atoms with Gasteiger partial charge in [0.1, 0.15) is 11.5 Å². The lowest BCUT2D eigenvalue weighted by molar-refractivity contribution is 0.0529. The zero-order valence-corrected chi connectivity index (χ0v) is 15.0. The molecule has 4 rings (SSSR count). The summed E-state index contributed by atoms with van der Waals surface area (Å²) in [6.07, 6.45) is 3.53. The molecule has 1 atom stereocenters.